The Hall–Kier alpha value is -3.44. The normalized spacial score (nSPS) is 10.1. The van der Waals surface area contributed by atoms with Crippen LogP contribution in [-0.2, 0) is 0 Å². The third kappa shape index (κ3) is 3.02. The molecule has 118 valence electrons. The molecule has 7 nitrogen and oxygen atoms in total. The smallest absolute Gasteiger partial charge is 0.353 e. The Kier molecular flexibility index (Phi) is 4.09. The Balaban J connectivity index is 1.88. The highest BCUT2D eigenvalue weighted by atomic mass is 32.1. The van der Waals surface area contributed by atoms with Gasteiger partial charge in [-0.3, -0.25) is 0 Å². The summed E-state index contributed by atoms with van der Waals surface area (Å²) in [6, 6.07) is 12.0. The van der Waals surface area contributed by atoms with E-state index in [2.05, 4.69) is 9.97 Å². The highest BCUT2D eigenvalue weighted by Gasteiger charge is 2.14. The number of nitrogens with zero attached hydrogens (tertiary/aromatic N) is 3. The SMILES string of the molecule is N#Cc1c(N)nc(N)nc1-c1ccc(OC(=O)c2cccs2)cc1. The van der Waals surface area contributed by atoms with Crippen LogP contribution < -0.4 is 16.2 Å². The number of hydrogen-bond acceptors (Lipinski definition) is 8. The van der Waals surface area contributed by atoms with E-state index in [9.17, 15) is 10.1 Å². The van der Waals surface area contributed by atoms with E-state index < -0.39 is 5.97 Å². The zero-order valence-corrected chi connectivity index (χ0v) is 13.1. The van der Waals surface area contributed by atoms with Crippen LogP contribution in [0.15, 0.2) is 41.8 Å². The molecular weight excluding hydrogens is 326 g/mol. The van der Waals surface area contributed by atoms with Crippen molar-refractivity contribution >= 4 is 29.1 Å². The number of esters is 1. The molecule has 0 amide bonds. The average Bonchev–Trinajstić information content (AvgIpc) is 3.09. The molecule has 0 spiro atoms. The molecule has 2 aromatic heterocycles. The van der Waals surface area contributed by atoms with E-state index in [1.165, 1.54) is 11.3 Å². The van der Waals surface area contributed by atoms with Crippen molar-refractivity contribution < 1.29 is 9.53 Å². The number of anilines is 2. The van der Waals surface area contributed by atoms with Crippen LogP contribution in [0.2, 0.25) is 0 Å². The van der Waals surface area contributed by atoms with Gasteiger partial charge < -0.3 is 16.2 Å². The van der Waals surface area contributed by atoms with Crippen LogP contribution in [0.1, 0.15) is 15.2 Å². The number of nitriles is 1. The first-order chi connectivity index (χ1) is 11.6. The Labute approximate surface area is 141 Å². The molecule has 0 aliphatic heterocycles. The summed E-state index contributed by atoms with van der Waals surface area (Å²) in [4.78, 5) is 20.3. The molecule has 0 aliphatic carbocycles. The molecule has 3 aromatic rings. The Morgan fingerprint density at radius 1 is 1.17 bits per heavy atom. The first-order valence-electron chi connectivity index (χ1n) is 6.77. The first-order valence-corrected chi connectivity index (χ1v) is 7.65. The fourth-order valence-electron chi connectivity index (χ4n) is 2.05. The molecule has 8 heteroatoms. The van der Waals surface area contributed by atoms with E-state index in [0.717, 1.165) is 0 Å². The molecule has 0 saturated heterocycles. The molecule has 1 aromatic carbocycles. The molecule has 24 heavy (non-hydrogen) atoms. The Morgan fingerprint density at radius 3 is 2.54 bits per heavy atom. The summed E-state index contributed by atoms with van der Waals surface area (Å²) < 4.78 is 5.28. The van der Waals surface area contributed by atoms with Crippen molar-refractivity contribution in [1.82, 2.24) is 9.97 Å². The summed E-state index contributed by atoms with van der Waals surface area (Å²) in [7, 11) is 0. The summed E-state index contributed by atoms with van der Waals surface area (Å²) in [5.41, 5.74) is 12.4. The van der Waals surface area contributed by atoms with E-state index in [0.29, 0.717) is 21.9 Å². The van der Waals surface area contributed by atoms with Crippen molar-refractivity contribution in [2.75, 3.05) is 11.5 Å². The topological polar surface area (TPSA) is 128 Å². The zero-order chi connectivity index (χ0) is 17.1. The maximum Gasteiger partial charge on any atom is 0.353 e. The van der Waals surface area contributed by atoms with E-state index in [-0.39, 0.29) is 17.3 Å². The largest absolute Gasteiger partial charge is 0.422 e. The molecule has 0 fully saturated rings. The van der Waals surface area contributed by atoms with Gasteiger partial charge in [-0.15, -0.1) is 11.3 Å². The minimum atomic E-state index is -0.425. The summed E-state index contributed by atoms with van der Waals surface area (Å²) >= 11 is 1.30. The predicted molar refractivity (Wildman–Crippen MR) is 90.3 cm³/mol. The molecule has 2 heterocycles. The van der Waals surface area contributed by atoms with E-state index in [1.807, 2.05) is 6.07 Å². The second-order valence-electron chi connectivity index (χ2n) is 4.69. The van der Waals surface area contributed by atoms with Crippen LogP contribution in [0.4, 0.5) is 11.8 Å². The molecule has 0 saturated carbocycles. The zero-order valence-electron chi connectivity index (χ0n) is 12.3. The predicted octanol–water partition coefficient (Wildman–Crippen LogP) is 2.46. The van der Waals surface area contributed by atoms with Gasteiger partial charge in [0.15, 0.2) is 0 Å². The molecule has 0 bridgehead atoms. The fraction of sp³-hybridized carbons (Fsp3) is 0. The van der Waals surface area contributed by atoms with Crippen LogP contribution in [0, 0.1) is 11.3 Å². The summed E-state index contributed by atoms with van der Waals surface area (Å²) in [6.45, 7) is 0. The third-order valence-electron chi connectivity index (χ3n) is 3.13. The van der Waals surface area contributed by atoms with Gasteiger partial charge in [0, 0.05) is 5.56 Å². The van der Waals surface area contributed by atoms with Crippen molar-refractivity contribution in [2.45, 2.75) is 0 Å². The number of thiophene rings is 1. The van der Waals surface area contributed by atoms with Gasteiger partial charge in [-0.1, -0.05) is 6.07 Å². The van der Waals surface area contributed by atoms with Crippen molar-refractivity contribution in [3.63, 3.8) is 0 Å². The van der Waals surface area contributed by atoms with Gasteiger partial charge in [0.2, 0.25) is 5.95 Å². The fourth-order valence-corrected chi connectivity index (χ4v) is 2.65. The van der Waals surface area contributed by atoms with Crippen LogP contribution in [-0.4, -0.2) is 15.9 Å². The lowest BCUT2D eigenvalue weighted by atomic mass is 10.1. The molecule has 0 unspecified atom stereocenters. The summed E-state index contributed by atoms with van der Waals surface area (Å²) in [6.07, 6.45) is 0. The molecular formula is C16H11N5O2S. The number of aromatic nitrogens is 2. The van der Waals surface area contributed by atoms with E-state index in [4.69, 9.17) is 16.2 Å². The number of rotatable bonds is 3. The maximum atomic E-state index is 11.9. The van der Waals surface area contributed by atoms with Gasteiger partial charge in [0.05, 0.1) is 5.69 Å². The van der Waals surface area contributed by atoms with Crippen LogP contribution in [0.5, 0.6) is 5.75 Å². The maximum absolute atomic E-state index is 11.9. The second-order valence-corrected chi connectivity index (χ2v) is 5.64. The number of ether oxygens (including phenoxy) is 1. The number of carbonyl (C=O) groups excluding carboxylic acids is 1. The van der Waals surface area contributed by atoms with E-state index >= 15 is 0 Å². The number of hydrogen-bond donors (Lipinski definition) is 2. The molecule has 0 atom stereocenters. The highest BCUT2D eigenvalue weighted by Crippen LogP contribution is 2.27. The quantitative estimate of drug-likeness (QED) is 0.555. The standard InChI is InChI=1S/C16H11N5O2S/c17-8-11-13(20-16(19)21-14(11)18)9-3-5-10(6-4-9)23-15(22)12-2-1-7-24-12/h1-7H,(H4,18,19,20,21). The molecule has 3 rings (SSSR count). The number of benzene rings is 1. The van der Waals surface area contributed by atoms with Gasteiger partial charge in [0.25, 0.3) is 0 Å². The van der Waals surface area contributed by atoms with Crippen molar-refractivity contribution in [1.29, 1.82) is 5.26 Å². The van der Waals surface area contributed by atoms with Crippen molar-refractivity contribution in [3.8, 4) is 23.1 Å². The molecule has 0 aliphatic rings. The Bertz CT molecular complexity index is 930. The number of nitrogen functional groups attached to an aromatic ring is 2. The van der Waals surface area contributed by atoms with Crippen molar-refractivity contribution in [3.05, 3.63) is 52.2 Å². The number of carbonyl (C=O) groups is 1. The average molecular weight is 337 g/mol. The van der Waals surface area contributed by atoms with Crippen molar-refractivity contribution in [2.24, 2.45) is 0 Å². The Morgan fingerprint density at radius 2 is 1.92 bits per heavy atom. The minimum Gasteiger partial charge on any atom is -0.422 e. The van der Waals surface area contributed by atoms with Gasteiger partial charge in [-0.05, 0) is 35.7 Å². The lowest BCUT2D eigenvalue weighted by Gasteiger charge is -2.08. The van der Waals surface area contributed by atoms with Crippen LogP contribution >= 0.6 is 11.3 Å². The summed E-state index contributed by atoms with van der Waals surface area (Å²) in [5, 5.41) is 11.0. The van der Waals surface area contributed by atoms with Crippen LogP contribution in [0.25, 0.3) is 11.3 Å². The van der Waals surface area contributed by atoms with Gasteiger partial charge >= 0.3 is 5.97 Å². The van der Waals surface area contributed by atoms with Crippen LogP contribution in [0.3, 0.4) is 0 Å². The lowest BCUT2D eigenvalue weighted by molar-refractivity contribution is 0.0740. The third-order valence-corrected chi connectivity index (χ3v) is 3.98. The van der Waals surface area contributed by atoms with E-state index in [1.54, 1.807) is 41.8 Å². The highest BCUT2D eigenvalue weighted by molar-refractivity contribution is 7.12. The monoisotopic (exact) mass is 337 g/mol. The first kappa shape index (κ1) is 15.5. The lowest BCUT2D eigenvalue weighted by Crippen LogP contribution is -2.06. The summed E-state index contributed by atoms with van der Waals surface area (Å²) in [5.74, 6) is -0.0421. The molecule has 0 radical (unpaired) electrons. The second kappa shape index (κ2) is 6.36. The van der Waals surface area contributed by atoms with Gasteiger partial charge in [-0.2, -0.15) is 10.2 Å². The van der Waals surface area contributed by atoms with Gasteiger partial charge in [-0.25, -0.2) is 9.78 Å². The van der Waals surface area contributed by atoms with Gasteiger partial charge in [0.1, 0.15) is 28.1 Å². The minimum absolute atomic E-state index is 0.0188. The molecule has 4 N–H and O–H groups in total. The number of nitrogens with two attached hydrogens (primary N) is 2.